The Morgan fingerprint density at radius 2 is 2.20 bits per heavy atom. The number of hydrogen-bond donors (Lipinski definition) is 2. The highest BCUT2D eigenvalue weighted by molar-refractivity contribution is 14.0. The lowest BCUT2D eigenvalue weighted by Gasteiger charge is -2.17. The van der Waals surface area contributed by atoms with E-state index in [1.807, 2.05) is 12.1 Å². The van der Waals surface area contributed by atoms with Crippen LogP contribution in [0.3, 0.4) is 0 Å². The molecule has 5 heteroatoms. The molecule has 1 rings (SSSR count). The van der Waals surface area contributed by atoms with Crippen LogP contribution in [0.15, 0.2) is 27.8 Å². The van der Waals surface area contributed by atoms with E-state index in [9.17, 15) is 0 Å². The van der Waals surface area contributed by atoms with Gasteiger partial charge in [0.15, 0.2) is 5.96 Å². The molecule has 0 saturated carbocycles. The minimum atomic E-state index is 0. The third kappa shape index (κ3) is 8.45. The highest BCUT2D eigenvalue weighted by atomic mass is 127. The molecule has 2 N–H and O–H groups in total. The first-order chi connectivity index (χ1) is 9.26. The molecule has 0 saturated heterocycles. The summed E-state index contributed by atoms with van der Waals surface area (Å²) in [5, 5.41) is 6.72. The summed E-state index contributed by atoms with van der Waals surface area (Å²) >= 11 is 0. The third-order valence-corrected chi connectivity index (χ3v) is 3.09. The van der Waals surface area contributed by atoms with Gasteiger partial charge in [-0.05, 0) is 25.5 Å². The van der Waals surface area contributed by atoms with Crippen molar-refractivity contribution in [3.8, 4) is 0 Å². The predicted molar refractivity (Wildman–Crippen MR) is 95.9 cm³/mol. The van der Waals surface area contributed by atoms with E-state index in [2.05, 4.69) is 29.5 Å². The standard InChI is InChI=1S/C15H27N3O.HI/c1-4-5-6-8-13(2)18-15(16-3)17-11-10-14-9-7-12-19-14;/h7,9,12-13H,4-6,8,10-11H2,1-3H3,(H2,16,17,18);1H. The lowest BCUT2D eigenvalue weighted by Crippen LogP contribution is -2.42. The topological polar surface area (TPSA) is 49.6 Å². The fourth-order valence-corrected chi connectivity index (χ4v) is 1.96. The van der Waals surface area contributed by atoms with Crippen molar-refractivity contribution in [2.45, 2.75) is 52.0 Å². The number of halogens is 1. The molecule has 0 spiro atoms. The summed E-state index contributed by atoms with van der Waals surface area (Å²) in [6.07, 6.45) is 7.61. The van der Waals surface area contributed by atoms with Crippen molar-refractivity contribution in [2.75, 3.05) is 13.6 Å². The molecule has 0 radical (unpaired) electrons. The van der Waals surface area contributed by atoms with Crippen LogP contribution >= 0.6 is 24.0 Å². The Hall–Kier alpha value is -0.720. The molecule has 1 unspecified atom stereocenters. The van der Waals surface area contributed by atoms with Crippen LogP contribution in [-0.2, 0) is 6.42 Å². The van der Waals surface area contributed by atoms with Crippen molar-refractivity contribution in [1.29, 1.82) is 0 Å². The highest BCUT2D eigenvalue weighted by Gasteiger charge is 2.04. The highest BCUT2D eigenvalue weighted by Crippen LogP contribution is 2.03. The Balaban J connectivity index is 0.00000361. The van der Waals surface area contributed by atoms with Gasteiger partial charge in [-0.3, -0.25) is 4.99 Å². The number of guanidine groups is 1. The van der Waals surface area contributed by atoms with Gasteiger partial charge in [0.05, 0.1) is 6.26 Å². The summed E-state index contributed by atoms with van der Waals surface area (Å²) in [5.74, 6) is 1.87. The van der Waals surface area contributed by atoms with Gasteiger partial charge in [-0.15, -0.1) is 24.0 Å². The largest absolute Gasteiger partial charge is 0.469 e. The van der Waals surface area contributed by atoms with Gasteiger partial charge >= 0.3 is 0 Å². The van der Waals surface area contributed by atoms with Crippen LogP contribution in [0.1, 0.15) is 45.3 Å². The number of nitrogens with one attached hydrogen (secondary N) is 2. The summed E-state index contributed by atoms with van der Waals surface area (Å²) in [4.78, 5) is 4.24. The van der Waals surface area contributed by atoms with Gasteiger partial charge in [-0.2, -0.15) is 0 Å². The van der Waals surface area contributed by atoms with E-state index < -0.39 is 0 Å². The molecule has 0 bridgehead atoms. The van der Waals surface area contributed by atoms with Crippen LogP contribution in [0.5, 0.6) is 0 Å². The molecule has 4 nitrogen and oxygen atoms in total. The summed E-state index contributed by atoms with van der Waals surface area (Å²) in [7, 11) is 1.81. The Kier molecular flexibility index (Phi) is 11.6. The number of furan rings is 1. The molecular formula is C15H28IN3O. The quantitative estimate of drug-likeness (QED) is 0.307. The second-order valence-corrected chi connectivity index (χ2v) is 4.87. The van der Waals surface area contributed by atoms with Gasteiger partial charge in [0.1, 0.15) is 5.76 Å². The van der Waals surface area contributed by atoms with Crippen molar-refractivity contribution in [1.82, 2.24) is 10.6 Å². The Morgan fingerprint density at radius 3 is 2.80 bits per heavy atom. The van der Waals surface area contributed by atoms with E-state index in [1.54, 1.807) is 13.3 Å². The molecule has 0 aromatic carbocycles. The molecule has 20 heavy (non-hydrogen) atoms. The van der Waals surface area contributed by atoms with Crippen molar-refractivity contribution >= 4 is 29.9 Å². The summed E-state index contributed by atoms with van der Waals surface area (Å²) < 4.78 is 5.30. The number of rotatable bonds is 8. The zero-order valence-electron chi connectivity index (χ0n) is 12.8. The maximum atomic E-state index is 5.30. The summed E-state index contributed by atoms with van der Waals surface area (Å²) in [6, 6.07) is 4.37. The summed E-state index contributed by atoms with van der Waals surface area (Å²) in [5.41, 5.74) is 0. The van der Waals surface area contributed by atoms with Gasteiger partial charge in [-0.1, -0.05) is 26.2 Å². The molecule has 0 aliphatic rings. The molecule has 0 aliphatic carbocycles. The minimum absolute atomic E-state index is 0. The van der Waals surface area contributed by atoms with E-state index >= 15 is 0 Å². The third-order valence-electron chi connectivity index (χ3n) is 3.09. The van der Waals surface area contributed by atoms with E-state index in [4.69, 9.17) is 4.42 Å². The van der Waals surface area contributed by atoms with Crippen LogP contribution in [0.2, 0.25) is 0 Å². The van der Waals surface area contributed by atoms with E-state index in [0.29, 0.717) is 6.04 Å². The fraction of sp³-hybridized carbons (Fsp3) is 0.667. The maximum Gasteiger partial charge on any atom is 0.191 e. The van der Waals surface area contributed by atoms with Crippen LogP contribution in [0, 0.1) is 0 Å². The zero-order valence-corrected chi connectivity index (χ0v) is 15.1. The molecule has 1 heterocycles. The van der Waals surface area contributed by atoms with Crippen molar-refractivity contribution in [2.24, 2.45) is 4.99 Å². The number of hydrogen-bond acceptors (Lipinski definition) is 2. The Bertz CT molecular complexity index is 352. The average Bonchev–Trinajstić information content (AvgIpc) is 2.91. The Morgan fingerprint density at radius 1 is 1.40 bits per heavy atom. The van der Waals surface area contributed by atoms with E-state index in [1.165, 1.54) is 25.7 Å². The first kappa shape index (κ1) is 19.3. The number of nitrogens with zero attached hydrogens (tertiary/aromatic N) is 1. The molecule has 0 amide bonds. The van der Waals surface area contributed by atoms with Crippen molar-refractivity contribution < 1.29 is 4.42 Å². The average molecular weight is 393 g/mol. The minimum Gasteiger partial charge on any atom is -0.469 e. The zero-order chi connectivity index (χ0) is 13.9. The lowest BCUT2D eigenvalue weighted by molar-refractivity contribution is 0.505. The summed E-state index contributed by atoms with van der Waals surface area (Å²) in [6.45, 7) is 5.26. The lowest BCUT2D eigenvalue weighted by atomic mass is 10.1. The van der Waals surface area contributed by atoms with Crippen molar-refractivity contribution in [3.63, 3.8) is 0 Å². The van der Waals surface area contributed by atoms with Gasteiger partial charge in [-0.25, -0.2) is 0 Å². The van der Waals surface area contributed by atoms with Crippen LogP contribution in [-0.4, -0.2) is 25.6 Å². The van der Waals surface area contributed by atoms with Gasteiger partial charge < -0.3 is 15.1 Å². The predicted octanol–water partition coefficient (Wildman–Crippen LogP) is 3.57. The van der Waals surface area contributed by atoms with Crippen LogP contribution in [0.25, 0.3) is 0 Å². The SMILES string of the molecule is CCCCCC(C)NC(=NC)NCCc1ccco1.I. The molecule has 1 atom stereocenters. The molecule has 1 aromatic rings. The fourth-order valence-electron chi connectivity index (χ4n) is 1.96. The second kappa shape index (κ2) is 12.1. The first-order valence-corrected chi connectivity index (χ1v) is 7.25. The van der Waals surface area contributed by atoms with Crippen LogP contribution in [0.4, 0.5) is 0 Å². The number of unbranched alkanes of at least 4 members (excludes halogenated alkanes) is 2. The normalized spacial score (nSPS) is 12.7. The second-order valence-electron chi connectivity index (χ2n) is 4.87. The first-order valence-electron chi connectivity index (χ1n) is 7.25. The molecule has 0 aliphatic heterocycles. The maximum absolute atomic E-state index is 5.30. The molecular weight excluding hydrogens is 365 g/mol. The van der Waals surface area contributed by atoms with E-state index in [0.717, 1.165) is 24.7 Å². The Labute approximate surface area is 139 Å². The molecule has 1 aromatic heterocycles. The van der Waals surface area contributed by atoms with Gasteiger partial charge in [0.25, 0.3) is 0 Å². The van der Waals surface area contributed by atoms with Gasteiger partial charge in [0, 0.05) is 26.1 Å². The van der Waals surface area contributed by atoms with E-state index in [-0.39, 0.29) is 24.0 Å². The van der Waals surface area contributed by atoms with Crippen LogP contribution < -0.4 is 10.6 Å². The molecule has 0 fully saturated rings. The smallest absolute Gasteiger partial charge is 0.191 e. The van der Waals surface area contributed by atoms with Crippen molar-refractivity contribution in [3.05, 3.63) is 24.2 Å². The molecule has 116 valence electrons. The number of aliphatic imine (C=N–C) groups is 1. The van der Waals surface area contributed by atoms with Gasteiger partial charge in [0.2, 0.25) is 0 Å². The monoisotopic (exact) mass is 393 g/mol.